The number of aliphatic hydroxyl groups is 1. The number of rotatable bonds is 1. The minimum absolute atomic E-state index is 0.0461. The Morgan fingerprint density at radius 1 is 1.78 bits per heavy atom. The molecule has 9 heavy (non-hydrogen) atoms. The summed E-state index contributed by atoms with van der Waals surface area (Å²) in [5.41, 5.74) is 0. The number of hydrogen-bond acceptors (Lipinski definition) is 2. The minimum atomic E-state index is -0.232. The van der Waals surface area contributed by atoms with Gasteiger partial charge < -0.3 is 9.84 Å². The van der Waals surface area contributed by atoms with Gasteiger partial charge in [0, 0.05) is 10.8 Å². The fourth-order valence-electron chi connectivity index (χ4n) is 1.01. The molecule has 3 atom stereocenters. The Balaban J connectivity index is 2.35. The van der Waals surface area contributed by atoms with Gasteiger partial charge in [-0.15, -0.1) is 0 Å². The van der Waals surface area contributed by atoms with E-state index in [1.165, 1.54) is 0 Å². The molecule has 0 amide bonds. The Hall–Kier alpha value is 0.650. The summed E-state index contributed by atoms with van der Waals surface area (Å²) in [6.45, 7) is 1.91. The van der Waals surface area contributed by atoms with E-state index < -0.39 is 0 Å². The first-order valence-electron chi connectivity index (χ1n) is 3.13. The van der Waals surface area contributed by atoms with E-state index in [0.717, 1.165) is 10.8 Å². The Labute approximate surface area is 68.7 Å². The van der Waals surface area contributed by atoms with E-state index in [0.29, 0.717) is 0 Å². The smallest absolute Gasteiger partial charge is 0.0824 e. The molecule has 1 heterocycles. The molecular weight excluding hydrogens is 231 g/mol. The first-order chi connectivity index (χ1) is 4.24. The van der Waals surface area contributed by atoms with Crippen LogP contribution in [0.1, 0.15) is 13.3 Å². The van der Waals surface area contributed by atoms with E-state index in [1.54, 1.807) is 0 Å². The van der Waals surface area contributed by atoms with Gasteiger partial charge in [0.25, 0.3) is 0 Å². The second-order valence-corrected chi connectivity index (χ2v) is 3.30. The molecule has 0 aromatic carbocycles. The van der Waals surface area contributed by atoms with Crippen molar-refractivity contribution in [2.24, 2.45) is 0 Å². The van der Waals surface area contributed by atoms with E-state index in [4.69, 9.17) is 4.74 Å². The average Bonchev–Trinajstić information content (AvgIpc) is 2.13. The van der Waals surface area contributed by atoms with Crippen LogP contribution in [-0.2, 0) is 4.74 Å². The van der Waals surface area contributed by atoms with Crippen molar-refractivity contribution in [1.82, 2.24) is 0 Å². The summed E-state index contributed by atoms with van der Waals surface area (Å²) in [5, 5.41) is 9.17. The van der Waals surface area contributed by atoms with E-state index in [9.17, 15) is 5.11 Å². The van der Waals surface area contributed by atoms with Gasteiger partial charge in [-0.3, -0.25) is 0 Å². The maximum Gasteiger partial charge on any atom is 0.0824 e. The van der Waals surface area contributed by atoms with Gasteiger partial charge >= 0.3 is 0 Å². The van der Waals surface area contributed by atoms with E-state index in [-0.39, 0.29) is 18.3 Å². The molecule has 1 aliphatic rings. The zero-order valence-corrected chi connectivity index (χ0v) is 7.54. The zero-order chi connectivity index (χ0) is 6.85. The molecular formula is C6H11IO2. The van der Waals surface area contributed by atoms with E-state index in [1.807, 2.05) is 6.92 Å². The molecule has 0 aromatic rings. The van der Waals surface area contributed by atoms with Crippen LogP contribution in [-0.4, -0.2) is 27.8 Å². The monoisotopic (exact) mass is 242 g/mol. The van der Waals surface area contributed by atoms with Gasteiger partial charge in [-0.2, -0.15) is 0 Å². The lowest BCUT2D eigenvalue weighted by atomic mass is 10.2. The lowest BCUT2D eigenvalue weighted by molar-refractivity contribution is 0.0310. The van der Waals surface area contributed by atoms with Crippen molar-refractivity contribution in [3.8, 4) is 0 Å². The van der Waals surface area contributed by atoms with Crippen LogP contribution in [0.5, 0.6) is 0 Å². The number of alkyl halides is 1. The topological polar surface area (TPSA) is 29.5 Å². The number of hydrogen-bond donors (Lipinski definition) is 1. The van der Waals surface area contributed by atoms with Crippen molar-refractivity contribution < 1.29 is 9.84 Å². The molecule has 3 heteroatoms. The lowest BCUT2D eigenvalue weighted by Crippen LogP contribution is -2.15. The van der Waals surface area contributed by atoms with Crippen LogP contribution < -0.4 is 0 Å². The van der Waals surface area contributed by atoms with Crippen molar-refractivity contribution in [2.75, 3.05) is 4.43 Å². The highest BCUT2D eigenvalue weighted by Gasteiger charge is 2.29. The molecule has 1 rings (SSSR count). The zero-order valence-electron chi connectivity index (χ0n) is 5.38. The molecule has 0 spiro atoms. The molecule has 1 aliphatic heterocycles. The van der Waals surface area contributed by atoms with Crippen molar-refractivity contribution in [3.05, 3.63) is 0 Å². The molecule has 1 N–H and O–H groups in total. The summed E-state index contributed by atoms with van der Waals surface area (Å²) < 4.78 is 6.35. The first kappa shape index (κ1) is 7.75. The third-order valence-electron chi connectivity index (χ3n) is 1.63. The highest BCUT2D eigenvalue weighted by Crippen LogP contribution is 2.20. The first-order valence-corrected chi connectivity index (χ1v) is 4.66. The van der Waals surface area contributed by atoms with Crippen LogP contribution in [0.25, 0.3) is 0 Å². The Morgan fingerprint density at radius 3 is 2.67 bits per heavy atom. The van der Waals surface area contributed by atoms with Gasteiger partial charge in [0.2, 0.25) is 0 Å². The van der Waals surface area contributed by atoms with Crippen molar-refractivity contribution in [2.45, 2.75) is 31.7 Å². The number of halogens is 1. The highest BCUT2D eigenvalue weighted by atomic mass is 127. The van der Waals surface area contributed by atoms with Crippen LogP contribution in [0.3, 0.4) is 0 Å². The molecule has 0 radical (unpaired) electrons. The van der Waals surface area contributed by atoms with E-state index >= 15 is 0 Å². The number of aliphatic hydroxyl groups excluding tert-OH is 1. The lowest BCUT2D eigenvalue weighted by Gasteiger charge is -2.05. The van der Waals surface area contributed by atoms with E-state index in [2.05, 4.69) is 22.6 Å². The van der Waals surface area contributed by atoms with Gasteiger partial charge in [0.1, 0.15) is 0 Å². The predicted molar refractivity (Wildman–Crippen MR) is 43.8 cm³/mol. The third-order valence-corrected chi connectivity index (χ3v) is 2.61. The second-order valence-electron chi connectivity index (χ2n) is 2.42. The van der Waals surface area contributed by atoms with Gasteiger partial charge in [0.15, 0.2) is 0 Å². The van der Waals surface area contributed by atoms with Crippen LogP contribution in [0.2, 0.25) is 0 Å². The summed E-state index contributed by atoms with van der Waals surface area (Å²) >= 11 is 2.27. The summed E-state index contributed by atoms with van der Waals surface area (Å²) in [6, 6.07) is 0. The molecule has 0 unspecified atom stereocenters. The molecule has 0 aromatic heterocycles. The van der Waals surface area contributed by atoms with Gasteiger partial charge in [-0.25, -0.2) is 0 Å². The average molecular weight is 242 g/mol. The molecule has 0 aliphatic carbocycles. The SMILES string of the molecule is C[C@H]1O[C@@H](CI)C[C@H]1O. The van der Waals surface area contributed by atoms with Gasteiger partial charge in [-0.05, 0) is 6.92 Å². The van der Waals surface area contributed by atoms with Crippen LogP contribution in [0.15, 0.2) is 0 Å². The largest absolute Gasteiger partial charge is 0.390 e. The molecule has 0 bridgehead atoms. The normalized spacial score (nSPS) is 43.7. The standard InChI is InChI=1S/C6H11IO2/c1-4-6(8)2-5(3-7)9-4/h4-6,8H,2-3H2,1H3/t4-,5-,6-/m1/s1. The molecule has 1 saturated heterocycles. The summed E-state index contributed by atoms with van der Waals surface area (Å²) in [4.78, 5) is 0. The van der Waals surface area contributed by atoms with Crippen molar-refractivity contribution >= 4 is 22.6 Å². The summed E-state index contributed by atoms with van der Waals surface area (Å²) in [7, 11) is 0. The molecule has 54 valence electrons. The highest BCUT2D eigenvalue weighted by molar-refractivity contribution is 14.1. The molecule has 0 saturated carbocycles. The maximum atomic E-state index is 9.17. The Bertz CT molecular complexity index is 87.1. The third kappa shape index (κ3) is 1.78. The predicted octanol–water partition coefficient (Wildman–Crippen LogP) is 0.960. The quantitative estimate of drug-likeness (QED) is 0.548. The summed E-state index contributed by atoms with van der Waals surface area (Å²) in [5.74, 6) is 0. The fraction of sp³-hybridized carbons (Fsp3) is 1.00. The van der Waals surface area contributed by atoms with Crippen molar-refractivity contribution in [1.29, 1.82) is 0 Å². The Morgan fingerprint density at radius 2 is 2.44 bits per heavy atom. The van der Waals surface area contributed by atoms with Gasteiger partial charge in [-0.1, -0.05) is 22.6 Å². The maximum absolute atomic E-state index is 9.17. The molecule has 1 fully saturated rings. The van der Waals surface area contributed by atoms with Gasteiger partial charge in [0.05, 0.1) is 18.3 Å². The van der Waals surface area contributed by atoms with Crippen LogP contribution in [0.4, 0.5) is 0 Å². The Kier molecular flexibility index (Phi) is 2.73. The summed E-state index contributed by atoms with van der Waals surface area (Å²) in [6.07, 6.45) is 0.912. The molecule has 2 nitrogen and oxygen atoms in total. The van der Waals surface area contributed by atoms with Crippen LogP contribution >= 0.6 is 22.6 Å². The van der Waals surface area contributed by atoms with Crippen LogP contribution in [0, 0.1) is 0 Å². The second kappa shape index (κ2) is 3.16. The van der Waals surface area contributed by atoms with Crippen molar-refractivity contribution in [3.63, 3.8) is 0 Å². The minimum Gasteiger partial charge on any atom is -0.390 e. The number of ether oxygens (including phenoxy) is 1. The fourth-order valence-corrected chi connectivity index (χ4v) is 1.58.